The number of rotatable bonds is 7. The van der Waals surface area contributed by atoms with Gasteiger partial charge in [-0.05, 0) is 43.0 Å². The van der Waals surface area contributed by atoms with Gasteiger partial charge in [-0.2, -0.15) is 0 Å². The lowest BCUT2D eigenvalue weighted by atomic mass is 10.1. The molecule has 1 fully saturated rings. The van der Waals surface area contributed by atoms with E-state index in [1.165, 1.54) is 0 Å². The Balaban J connectivity index is 1.44. The monoisotopic (exact) mass is 403 g/mol. The number of nitrogens with zero attached hydrogens (tertiary/aromatic N) is 4. The predicted molar refractivity (Wildman–Crippen MR) is 115 cm³/mol. The molecule has 1 aliphatic heterocycles. The summed E-state index contributed by atoms with van der Waals surface area (Å²) in [5, 5.41) is 3.17. The second-order valence-corrected chi connectivity index (χ2v) is 7.22. The minimum absolute atomic E-state index is 0.00113. The second-order valence-electron chi connectivity index (χ2n) is 7.22. The van der Waals surface area contributed by atoms with Crippen LogP contribution >= 0.6 is 0 Å². The van der Waals surface area contributed by atoms with E-state index < -0.39 is 0 Å². The molecule has 1 aliphatic rings. The van der Waals surface area contributed by atoms with Crippen molar-refractivity contribution in [3.8, 4) is 5.75 Å². The number of aromatic nitrogens is 3. The Morgan fingerprint density at radius 3 is 2.90 bits per heavy atom. The highest BCUT2D eigenvalue weighted by Crippen LogP contribution is 2.32. The number of hydrogen-bond acceptors (Lipinski definition) is 6. The standard InChI is InChI=1S/C23H25N5O2/c1-30-20-9-3-2-6-17(20)11-12-23(29)28-15-5-8-19(28)18-7-4-10-21(26-18)27-22-16-24-13-14-25-22/h2-4,6-7,9-10,13-14,16,19H,5,8,11-12,15H2,1H3,(H,25,26,27). The van der Waals surface area contributed by atoms with Gasteiger partial charge >= 0.3 is 0 Å². The molecule has 4 rings (SSSR count). The fourth-order valence-electron chi connectivity index (χ4n) is 3.87. The third kappa shape index (κ3) is 4.56. The number of nitrogens with one attached hydrogen (secondary N) is 1. The van der Waals surface area contributed by atoms with Crippen LogP contribution in [0.5, 0.6) is 5.75 Å². The lowest BCUT2D eigenvalue weighted by Crippen LogP contribution is -2.31. The van der Waals surface area contributed by atoms with Crippen molar-refractivity contribution >= 4 is 17.5 Å². The number of para-hydroxylation sites is 1. The smallest absolute Gasteiger partial charge is 0.223 e. The highest BCUT2D eigenvalue weighted by atomic mass is 16.5. The number of carbonyl (C=O) groups is 1. The molecule has 1 N–H and O–H groups in total. The first-order valence-corrected chi connectivity index (χ1v) is 10.2. The Morgan fingerprint density at radius 1 is 1.17 bits per heavy atom. The molecule has 154 valence electrons. The van der Waals surface area contributed by atoms with Crippen LogP contribution < -0.4 is 10.1 Å². The Hall–Kier alpha value is -3.48. The lowest BCUT2D eigenvalue weighted by Gasteiger charge is -2.25. The van der Waals surface area contributed by atoms with Gasteiger partial charge in [0.2, 0.25) is 5.91 Å². The largest absolute Gasteiger partial charge is 0.496 e. The van der Waals surface area contributed by atoms with Gasteiger partial charge < -0.3 is 15.0 Å². The number of carbonyl (C=O) groups excluding carboxylic acids is 1. The molecule has 0 bridgehead atoms. The summed E-state index contributed by atoms with van der Waals surface area (Å²) < 4.78 is 5.40. The van der Waals surface area contributed by atoms with E-state index in [1.807, 2.05) is 47.4 Å². The van der Waals surface area contributed by atoms with Crippen molar-refractivity contribution in [2.45, 2.75) is 31.7 Å². The molecule has 0 radical (unpaired) electrons. The molecule has 3 heterocycles. The molecular formula is C23H25N5O2. The van der Waals surface area contributed by atoms with Gasteiger partial charge in [-0.15, -0.1) is 0 Å². The fourth-order valence-corrected chi connectivity index (χ4v) is 3.87. The van der Waals surface area contributed by atoms with Crippen molar-refractivity contribution in [1.82, 2.24) is 19.9 Å². The van der Waals surface area contributed by atoms with E-state index >= 15 is 0 Å². The number of benzene rings is 1. The maximum absolute atomic E-state index is 13.0. The number of anilines is 2. The summed E-state index contributed by atoms with van der Waals surface area (Å²) in [6, 6.07) is 13.7. The van der Waals surface area contributed by atoms with E-state index in [1.54, 1.807) is 25.7 Å². The van der Waals surface area contributed by atoms with Crippen LogP contribution in [-0.2, 0) is 11.2 Å². The summed E-state index contributed by atoms with van der Waals surface area (Å²) in [4.78, 5) is 28.0. The maximum atomic E-state index is 13.0. The van der Waals surface area contributed by atoms with Crippen LogP contribution in [0.1, 0.15) is 36.6 Å². The van der Waals surface area contributed by atoms with Gasteiger partial charge in [-0.25, -0.2) is 9.97 Å². The number of methoxy groups -OCH3 is 1. The number of amides is 1. The number of aryl methyl sites for hydroxylation is 1. The summed E-state index contributed by atoms with van der Waals surface area (Å²) in [6.45, 7) is 0.763. The average Bonchev–Trinajstić information content (AvgIpc) is 3.29. The first-order valence-electron chi connectivity index (χ1n) is 10.2. The van der Waals surface area contributed by atoms with Crippen molar-refractivity contribution in [2.24, 2.45) is 0 Å². The lowest BCUT2D eigenvalue weighted by molar-refractivity contribution is -0.132. The second kappa shape index (κ2) is 9.35. The number of likely N-dealkylation sites (tertiary alicyclic amines) is 1. The van der Waals surface area contributed by atoms with E-state index in [0.717, 1.165) is 36.4 Å². The molecule has 7 heteroatoms. The first kappa shape index (κ1) is 19.8. The van der Waals surface area contributed by atoms with Gasteiger partial charge in [0.15, 0.2) is 0 Å². The molecule has 0 aliphatic carbocycles. The van der Waals surface area contributed by atoms with Crippen LogP contribution in [0.4, 0.5) is 11.6 Å². The van der Waals surface area contributed by atoms with E-state index in [4.69, 9.17) is 9.72 Å². The van der Waals surface area contributed by atoms with Crippen LogP contribution in [-0.4, -0.2) is 39.4 Å². The fraction of sp³-hybridized carbons (Fsp3) is 0.304. The average molecular weight is 403 g/mol. The van der Waals surface area contributed by atoms with Crippen LogP contribution in [0.15, 0.2) is 61.1 Å². The van der Waals surface area contributed by atoms with E-state index in [9.17, 15) is 4.79 Å². The van der Waals surface area contributed by atoms with Gasteiger partial charge in [0, 0.05) is 25.4 Å². The summed E-state index contributed by atoms with van der Waals surface area (Å²) in [5.74, 6) is 2.31. The Bertz CT molecular complexity index is 996. The molecule has 0 spiro atoms. The van der Waals surface area contributed by atoms with Gasteiger partial charge in [-0.3, -0.25) is 9.78 Å². The molecule has 0 saturated carbocycles. The van der Waals surface area contributed by atoms with Crippen molar-refractivity contribution in [3.05, 3.63) is 72.3 Å². The molecule has 1 aromatic carbocycles. The summed E-state index contributed by atoms with van der Waals surface area (Å²) in [6.07, 6.45) is 7.92. The molecular weight excluding hydrogens is 378 g/mol. The van der Waals surface area contributed by atoms with E-state index in [2.05, 4.69) is 15.3 Å². The highest BCUT2D eigenvalue weighted by Gasteiger charge is 2.30. The summed E-state index contributed by atoms with van der Waals surface area (Å²) in [5.41, 5.74) is 1.95. The zero-order valence-corrected chi connectivity index (χ0v) is 17.0. The zero-order chi connectivity index (χ0) is 20.8. The Morgan fingerprint density at radius 2 is 2.07 bits per heavy atom. The van der Waals surface area contributed by atoms with Crippen LogP contribution in [0.2, 0.25) is 0 Å². The molecule has 1 saturated heterocycles. The van der Waals surface area contributed by atoms with Gasteiger partial charge in [0.1, 0.15) is 17.4 Å². The first-order chi connectivity index (χ1) is 14.7. The molecule has 1 unspecified atom stereocenters. The predicted octanol–water partition coefficient (Wildman–Crippen LogP) is 3.92. The molecule has 1 amide bonds. The normalized spacial score (nSPS) is 15.8. The Kier molecular flexibility index (Phi) is 6.17. The quantitative estimate of drug-likeness (QED) is 0.644. The zero-order valence-electron chi connectivity index (χ0n) is 17.0. The van der Waals surface area contributed by atoms with E-state index in [-0.39, 0.29) is 11.9 Å². The molecule has 7 nitrogen and oxygen atoms in total. The van der Waals surface area contributed by atoms with Gasteiger partial charge in [-0.1, -0.05) is 24.3 Å². The van der Waals surface area contributed by atoms with Crippen molar-refractivity contribution in [1.29, 1.82) is 0 Å². The minimum atomic E-state index is -0.00113. The number of hydrogen-bond donors (Lipinski definition) is 1. The maximum Gasteiger partial charge on any atom is 0.223 e. The van der Waals surface area contributed by atoms with Crippen molar-refractivity contribution < 1.29 is 9.53 Å². The van der Waals surface area contributed by atoms with Crippen LogP contribution in [0.3, 0.4) is 0 Å². The molecule has 30 heavy (non-hydrogen) atoms. The third-order valence-corrected chi connectivity index (χ3v) is 5.31. The topological polar surface area (TPSA) is 80.2 Å². The Labute approximate surface area is 176 Å². The molecule has 2 aromatic heterocycles. The van der Waals surface area contributed by atoms with Crippen LogP contribution in [0.25, 0.3) is 0 Å². The summed E-state index contributed by atoms with van der Waals surface area (Å²) in [7, 11) is 1.66. The minimum Gasteiger partial charge on any atom is -0.496 e. The van der Waals surface area contributed by atoms with Crippen LogP contribution in [0, 0.1) is 0 Å². The highest BCUT2D eigenvalue weighted by molar-refractivity contribution is 5.77. The molecule has 3 aromatic rings. The number of pyridine rings is 1. The van der Waals surface area contributed by atoms with Gasteiger partial charge in [0.25, 0.3) is 0 Å². The third-order valence-electron chi connectivity index (χ3n) is 5.31. The van der Waals surface area contributed by atoms with Crippen molar-refractivity contribution in [2.75, 3.05) is 19.0 Å². The number of ether oxygens (including phenoxy) is 1. The SMILES string of the molecule is COc1ccccc1CCC(=O)N1CCCC1c1cccc(Nc2cnccn2)n1. The molecule has 1 atom stereocenters. The van der Waals surface area contributed by atoms with Crippen molar-refractivity contribution in [3.63, 3.8) is 0 Å². The van der Waals surface area contributed by atoms with E-state index in [0.29, 0.717) is 24.5 Å². The van der Waals surface area contributed by atoms with Gasteiger partial charge in [0.05, 0.1) is 25.0 Å². The summed E-state index contributed by atoms with van der Waals surface area (Å²) >= 11 is 0.